The summed E-state index contributed by atoms with van der Waals surface area (Å²) < 4.78 is 2.09. The number of rotatable bonds is 3. The number of aromatic nitrogens is 3. The van der Waals surface area contributed by atoms with E-state index in [2.05, 4.69) is 31.4 Å². The zero-order valence-corrected chi connectivity index (χ0v) is 11.5. The summed E-state index contributed by atoms with van der Waals surface area (Å²) in [6.07, 6.45) is 0. The van der Waals surface area contributed by atoms with Crippen molar-refractivity contribution in [3.05, 3.63) is 46.0 Å². The average molecular weight is 278 g/mol. The molecule has 0 aliphatic heterocycles. The molecule has 0 spiro atoms. The lowest BCUT2D eigenvalue weighted by Gasteiger charge is -2.05. The number of imidazole rings is 1. The third-order valence-electron chi connectivity index (χ3n) is 2.85. The minimum Gasteiger partial charge on any atom is -0.307 e. The van der Waals surface area contributed by atoms with Gasteiger partial charge in [0.2, 0.25) is 0 Å². The predicted octanol–water partition coefficient (Wildman–Crippen LogP) is 3.59. The van der Waals surface area contributed by atoms with Crippen LogP contribution in [0.15, 0.2) is 29.0 Å². The first-order valence-electron chi connectivity index (χ1n) is 5.68. The maximum Gasteiger partial charge on any atom is 0.160 e. The quantitative estimate of drug-likeness (QED) is 0.685. The monoisotopic (exact) mass is 277 g/mol. The highest BCUT2D eigenvalue weighted by molar-refractivity contribution is 7.07. The molecule has 3 nitrogen and oxygen atoms in total. The molecule has 0 fully saturated rings. The molecule has 0 aliphatic rings. The highest BCUT2D eigenvalue weighted by atomic mass is 35.5. The van der Waals surface area contributed by atoms with Crippen molar-refractivity contribution in [3.8, 4) is 0 Å². The molecule has 3 aromatic rings. The molecule has 3 heterocycles. The van der Waals surface area contributed by atoms with E-state index in [4.69, 9.17) is 11.6 Å². The number of thiophene rings is 1. The lowest BCUT2D eigenvalue weighted by Crippen LogP contribution is -2.04. The third kappa shape index (κ3) is 2.02. The smallest absolute Gasteiger partial charge is 0.160 e. The Kier molecular flexibility index (Phi) is 3.06. The average Bonchev–Trinajstić information content (AvgIpc) is 2.98. The SMILES string of the molecule is Cc1ccc2nc(CCl)n(Cc3ccsc3)c2n1. The number of alkyl halides is 1. The molecule has 3 aromatic heterocycles. The number of fused-ring (bicyclic) bond motifs is 1. The molecule has 0 atom stereocenters. The Bertz CT molecular complexity index is 673. The normalized spacial score (nSPS) is 11.2. The number of nitrogens with zero attached hydrogens (tertiary/aromatic N) is 3. The van der Waals surface area contributed by atoms with Crippen molar-refractivity contribution in [2.24, 2.45) is 0 Å². The van der Waals surface area contributed by atoms with Crippen LogP contribution in [0.2, 0.25) is 0 Å². The van der Waals surface area contributed by atoms with Crippen molar-refractivity contribution >= 4 is 34.1 Å². The fourth-order valence-electron chi connectivity index (χ4n) is 1.98. The van der Waals surface area contributed by atoms with Gasteiger partial charge in [-0.3, -0.25) is 0 Å². The Labute approximate surface area is 114 Å². The molecule has 0 bridgehead atoms. The highest BCUT2D eigenvalue weighted by Crippen LogP contribution is 2.19. The van der Waals surface area contributed by atoms with Crippen LogP contribution in [0.5, 0.6) is 0 Å². The van der Waals surface area contributed by atoms with E-state index in [0.29, 0.717) is 5.88 Å². The second-order valence-electron chi connectivity index (χ2n) is 4.17. The molecule has 92 valence electrons. The molecule has 3 rings (SSSR count). The zero-order chi connectivity index (χ0) is 12.5. The van der Waals surface area contributed by atoms with Crippen molar-refractivity contribution in [1.82, 2.24) is 14.5 Å². The maximum atomic E-state index is 5.97. The minimum atomic E-state index is 0.402. The van der Waals surface area contributed by atoms with Crippen LogP contribution in [-0.4, -0.2) is 14.5 Å². The van der Waals surface area contributed by atoms with E-state index < -0.39 is 0 Å². The summed E-state index contributed by atoms with van der Waals surface area (Å²) >= 11 is 7.67. The second kappa shape index (κ2) is 4.71. The van der Waals surface area contributed by atoms with Crippen LogP contribution in [-0.2, 0) is 12.4 Å². The van der Waals surface area contributed by atoms with Gasteiger partial charge in [-0.15, -0.1) is 11.6 Å². The molecule has 0 unspecified atom stereocenters. The first-order chi connectivity index (χ1) is 8.78. The van der Waals surface area contributed by atoms with Crippen LogP contribution >= 0.6 is 22.9 Å². The van der Waals surface area contributed by atoms with Gasteiger partial charge in [0.25, 0.3) is 0 Å². The molecule has 0 N–H and O–H groups in total. The molecule has 5 heteroatoms. The number of halogens is 1. The van der Waals surface area contributed by atoms with E-state index in [0.717, 1.165) is 29.2 Å². The Morgan fingerprint density at radius 2 is 2.17 bits per heavy atom. The first kappa shape index (κ1) is 11.7. The second-order valence-corrected chi connectivity index (χ2v) is 5.22. The van der Waals surface area contributed by atoms with Crippen molar-refractivity contribution in [1.29, 1.82) is 0 Å². The van der Waals surface area contributed by atoms with Crippen molar-refractivity contribution in [2.45, 2.75) is 19.3 Å². The summed E-state index contributed by atoms with van der Waals surface area (Å²) in [6, 6.07) is 6.09. The van der Waals surface area contributed by atoms with Crippen molar-refractivity contribution < 1.29 is 0 Å². The van der Waals surface area contributed by atoms with Gasteiger partial charge in [0.05, 0.1) is 12.4 Å². The van der Waals surface area contributed by atoms with E-state index in [1.807, 2.05) is 19.1 Å². The molecule has 0 radical (unpaired) electrons. The Morgan fingerprint density at radius 1 is 1.28 bits per heavy atom. The molecular formula is C13H12ClN3S. The predicted molar refractivity (Wildman–Crippen MR) is 75.2 cm³/mol. The third-order valence-corrected chi connectivity index (χ3v) is 3.82. The standard InChI is InChI=1S/C13H12ClN3S/c1-9-2-3-11-13(15-9)17(12(6-14)16-11)7-10-4-5-18-8-10/h2-5,8H,6-7H2,1H3. The molecule has 0 saturated carbocycles. The summed E-state index contributed by atoms with van der Waals surface area (Å²) in [5.41, 5.74) is 4.08. The van der Waals surface area contributed by atoms with Crippen molar-refractivity contribution in [3.63, 3.8) is 0 Å². The van der Waals surface area contributed by atoms with Crippen LogP contribution in [0.3, 0.4) is 0 Å². The number of pyridine rings is 1. The molecule has 18 heavy (non-hydrogen) atoms. The first-order valence-corrected chi connectivity index (χ1v) is 7.15. The summed E-state index contributed by atoms with van der Waals surface area (Å²) in [5.74, 6) is 1.27. The molecule has 0 aliphatic carbocycles. The van der Waals surface area contributed by atoms with Gasteiger partial charge in [-0.1, -0.05) is 0 Å². The van der Waals surface area contributed by atoms with Gasteiger partial charge >= 0.3 is 0 Å². The van der Waals surface area contributed by atoms with E-state index in [1.54, 1.807) is 11.3 Å². The van der Waals surface area contributed by atoms with Crippen molar-refractivity contribution in [2.75, 3.05) is 0 Å². The zero-order valence-electron chi connectivity index (χ0n) is 9.93. The van der Waals surface area contributed by atoms with Gasteiger partial charge in [-0.2, -0.15) is 11.3 Å². The summed E-state index contributed by atoms with van der Waals surface area (Å²) in [7, 11) is 0. The van der Waals surface area contributed by atoms with Gasteiger partial charge in [0.1, 0.15) is 11.3 Å². The number of aryl methyl sites for hydroxylation is 1. The van der Waals surface area contributed by atoms with Crippen LogP contribution in [0, 0.1) is 6.92 Å². The van der Waals surface area contributed by atoms with Gasteiger partial charge < -0.3 is 4.57 Å². The Hall–Kier alpha value is -1.39. The fourth-order valence-corrected chi connectivity index (χ4v) is 2.84. The van der Waals surface area contributed by atoms with E-state index >= 15 is 0 Å². The van der Waals surface area contributed by atoms with Crippen LogP contribution in [0.25, 0.3) is 11.2 Å². The lowest BCUT2D eigenvalue weighted by atomic mass is 10.3. The Morgan fingerprint density at radius 3 is 2.89 bits per heavy atom. The van der Waals surface area contributed by atoms with Crippen LogP contribution in [0.4, 0.5) is 0 Å². The van der Waals surface area contributed by atoms with Gasteiger partial charge in [0, 0.05) is 5.69 Å². The summed E-state index contributed by atoms with van der Waals surface area (Å²) in [6.45, 7) is 2.76. The Balaban J connectivity index is 2.15. The molecule has 0 amide bonds. The fraction of sp³-hybridized carbons (Fsp3) is 0.231. The van der Waals surface area contributed by atoms with Crippen LogP contribution < -0.4 is 0 Å². The topological polar surface area (TPSA) is 30.7 Å². The molecule has 0 aromatic carbocycles. The minimum absolute atomic E-state index is 0.402. The number of hydrogen-bond donors (Lipinski definition) is 0. The van der Waals surface area contributed by atoms with Gasteiger partial charge in [-0.05, 0) is 41.4 Å². The number of hydrogen-bond acceptors (Lipinski definition) is 3. The highest BCUT2D eigenvalue weighted by Gasteiger charge is 2.11. The van der Waals surface area contributed by atoms with Gasteiger partial charge in [-0.25, -0.2) is 9.97 Å². The van der Waals surface area contributed by atoms with E-state index in [9.17, 15) is 0 Å². The summed E-state index contributed by atoms with van der Waals surface area (Å²) in [4.78, 5) is 9.09. The molecular weight excluding hydrogens is 266 g/mol. The van der Waals surface area contributed by atoms with E-state index in [1.165, 1.54) is 5.56 Å². The lowest BCUT2D eigenvalue weighted by molar-refractivity contribution is 0.771. The van der Waals surface area contributed by atoms with Crippen LogP contribution in [0.1, 0.15) is 17.1 Å². The molecule has 0 saturated heterocycles. The largest absolute Gasteiger partial charge is 0.307 e. The van der Waals surface area contributed by atoms with Gasteiger partial charge in [0.15, 0.2) is 5.65 Å². The van der Waals surface area contributed by atoms with E-state index in [-0.39, 0.29) is 0 Å². The summed E-state index contributed by atoms with van der Waals surface area (Å²) in [5, 5.41) is 4.22. The maximum absolute atomic E-state index is 5.97.